The maximum Gasteiger partial charge on any atom is 0.407 e. The Labute approximate surface area is 182 Å². The molecule has 10 nitrogen and oxygen atoms in total. The zero-order valence-corrected chi connectivity index (χ0v) is 17.1. The average molecular weight is 436 g/mol. The lowest BCUT2D eigenvalue weighted by atomic mass is 9.98. The van der Waals surface area contributed by atoms with Gasteiger partial charge in [0.2, 0.25) is 5.89 Å². The van der Waals surface area contributed by atoms with Gasteiger partial charge in [-0.3, -0.25) is 14.9 Å². The number of alkyl carbamates (subject to hydrolysis) is 1. The van der Waals surface area contributed by atoms with Crippen LogP contribution in [0.1, 0.15) is 29.4 Å². The van der Waals surface area contributed by atoms with Crippen molar-refractivity contribution in [1.29, 1.82) is 0 Å². The van der Waals surface area contributed by atoms with Gasteiger partial charge in [-0.25, -0.2) is 4.79 Å². The largest absolute Gasteiger partial charge is 0.481 e. The molecule has 32 heavy (non-hydrogen) atoms. The van der Waals surface area contributed by atoms with Crippen molar-refractivity contribution < 1.29 is 28.6 Å². The quantitative estimate of drug-likeness (QED) is 0.513. The van der Waals surface area contributed by atoms with Gasteiger partial charge in [0.15, 0.2) is 0 Å². The summed E-state index contributed by atoms with van der Waals surface area (Å²) in [6.45, 7) is 1.57. The fourth-order valence-corrected chi connectivity index (χ4v) is 3.71. The first-order valence-electron chi connectivity index (χ1n) is 9.86. The number of carboxylic acid groups (broad SMARTS) is 1. The normalized spacial score (nSPS) is 13.0. The average Bonchev–Trinajstić information content (AvgIpc) is 3.32. The predicted octanol–water partition coefficient (Wildman–Crippen LogP) is 2.70. The fourth-order valence-electron chi connectivity index (χ4n) is 3.71. The van der Waals surface area contributed by atoms with E-state index < -0.39 is 30.4 Å². The standard InChI is InChI=1S/C22H20N4O6/c1-12-25-26-21(32-12)24-20(29)18(10-19(27)28)23-22(30)31-11-17-15-8-4-2-6-13(15)14-7-3-5-9-16(14)17/h2-9,17-18H,10-11H2,1H3,(H,23,30)(H,27,28)(H,24,26,29). The Kier molecular flexibility index (Phi) is 5.84. The maximum atomic E-state index is 12.4. The molecule has 1 aromatic heterocycles. The number of rotatable bonds is 7. The highest BCUT2D eigenvalue weighted by Gasteiger charge is 2.30. The van der Waals surface area contributed by atoms with Crippen molar-refractivity contribution in [1.82, 2.24) is 15.5 Å². The summed E-state index contributed by atoms with van der Waals surface area (Å²) in [4.78, 5) is 36.0. The SMILES string of the molecule is Cc1nnc(NC(=O)C(CC(=O)O)NC(=O)OCC2c3ccccc3-c3ccccc32)o1. The third-order valence-electron chi connectivity index (χ3n) is 5.09. The van der Waals surface area contributed by atoms with Gasteiger partial charge in [-0.2, -0.15) is 0 Å². The summed E-state index contributed by atoms with van der Waals surface area (Å²) in [6.07, 6.45) is -1.56. The van der Waals surface area contributed by atoms with Crippen molar-refractivity contribution in [2.75, 3.05) is 11.9 Å². The molecule has 4 rings (SSSR count). The molecule has 0 bridgehead atoms. The predicted molar refractivity (Wildman–Crippen MR) is 112 cm³/mol. The van der Waals surface area contributed by atoms with E-state index >= 15 is 0 Å². The summed E-state index contributed by atoms with van der Waals surface area (Å²) in [7, 11) is 0. The first kappa shape index (κ1) is 21.0. The van der Waals surface area contributed by atoms with Crippen LogP contribution in [0.5, 0.6) is 0 Å². The summed E-state index contributed by atoms with van der Waals surface area (Å²) in [5.41, 5.74) is 4.23. The topological polar surface area (TPSA) is 144 Å². The number of amides is 2. The molecular weight excluding hydrogens is 416 g/mol. The second-order valence-electron chi connectivity index (χ2n) is 7.24. The third kappa shape index (κ3) is 4.43. The van der Waals surface area contributed by atoms with Crippen LogP contribution in [0, 0.1) is 6.92 Å². The van der Waals surface area contributed by atoms with Crippen molar-refractivity contribution >= 4 is 24.0 Å². The summed E-state index contributed by atoms with van der Waals surface area (Å²) >= 11 is 0. The van der Waals surface area contributed by atoms with Gasteiger partial charge >= 0.3 is 18.1 Å². The van der Waals surface area contributed by atoms with E-state index in [1.807, 2.05) is 48.5 Å². The van der Waals surface area contributed by atoms with Crippen LogP contribution in [0.3, 0.4) is 0 Å². The maximum absolute atomic E-state index is 12.4. The second-order valence-corrected chi connectivity index (χ2v) is 7.24. The van der Waals surface area contributed by atoms with Gasteiger partial charge in [0.25, 0.3) is 5.91 Å². The number of hydrogen-bond donors (Lipinski definition) is 3. The molecule has 164 valence electrons. The minimum absolute atomic E-state index is 0.0319. The first-order valence-corrected chi connectivity index (χ1v) is 9.86. The van der Waals surface area contributed by atoms with E-state index in [-0.39, 0.29) is 24.4 Å². The molecule has 3 N–H and O–H groups in total. The van der Waals surface area contributed by atoms with Gasteiger partial charge in [0, 0.05) is 12.8 Å². The Morgan fingerprint density at radius 1 is 1.06 bits per heavy atom. The number of ether oxygens (including phenoxy) is 1. The van der Waals surface area contributed by atoms with E-state index in [0.29, 0.717) is 0 Å². The van der Waals surface area contributed by atoms with Gasteiger partial charge in [0.1, 0.15) is 12.6 Å². The van der Waals surface area contributed by atoms with Crippen LogP contribution in [0.15, 0.2) is 52.9 Å². The van der Waals surface area contributed by atoms with Crippen molar-refractivity contribution in [3.05, 3.63) is 65.5 Å². The van der Waals surface area contributed by atoms with Crippen LogP contribution >= 0.6 is 0 Å². The fraction of sp³-hybridized carbons (Fsp3) is 0.227. The van der Waals surface area contributed by atoms with Gasteiger partial charge in [-0.05, 0) is 22.3 Å². The van der Waals surface area contributed by atoms with Crippen LogP contribution in [-0.4, -0.2) is 45.9 Å². The second kappa shape index (κ2) is 8.88. The van der Waals surface area contributed by atoms with E-state index in [9.17, 15) is 14.4 Å². The number of fused-ring (bicyclic) bond motifs is 3. The Hall–Kier alpha value is -4.21. The van der Waals surface area contributed by atoms with E-state index in [0.717, 1.165) is 22.3 Å². The zero-order chi connectivity index (χ0) is 22.7. The number of anilines is 1. The molecule has 0 fully saturated rings. The highest BCUT2D eigenvalue weighted by atomic mass is 16.5. The Morgan fingerprint density at radius 3 is 2.25 bits per heavy atom. The number of nitrogens with one attached hydrogen (secondary N) is 2. The number of carbonyl (C=O) groups excluding carboxylic acids is 2. The van der Waals surface area contributed by atoms with Crippen LogP contribution in [-0.2, 0) is 14.3 Å². The lowest BCUT2D eigenvalue weighted by Gasteiger charge is -2.18. The van der Waals surface area contributed by atoms with Gasteiger partial charge < -0.3 is 19.6 Å². The van der Waals surface area contributed by atoms with Crippen molar-refractivity contribution in [2.45, 2.75) is 25.3 Å². The van der Waals surface area contributed by atoms with Gasteiger partial charge in [-0.15, -0.1) is 5.10 Å². The molecule has 1 unspecified atom stereocenters. The monoisotopic (exact) mass is 436 g/mol. The van der Waals surface area contributed by atoms with Crippen LogP contribution in [0.2, 0.25) is 0 Å². The number of nitrogens with zero attached hydrogens (tertiary/aromatic N) is 2. The Morgan fingerprint density at radius 2 is 1.69 bits per heavy atom. The van der Waals surface area contributed by atoms with Gasteiger partial charge in [0.05, 0.1) is 6.42 Å². The van der Waals surface area contributed by atoms with E-state index in [2.05, 4.69) is 20.8 Å². The molecule has 0 saturated carbocycles. The number of hydrogen-bond acceptors (Lipinski definition) is 7. The number of aromatic nitrogens is 2. The molecule has 1 heterocycles. The molecule has 0 radical (unpaired) electrons. The summed E-state index contributed by atoms with van der Waals surface area (Å²) in [5.74, 6) is -2.03. The molecule has 2 aromatic carbocycles. The van der Waals surface area contributed by atoms with Gasteiger partial charge in [-0.1, -0.05) is 53.6 Å². The highest BCUT2D eigenvalue weighted by molar-refractivity contribution is 5.97. The zero-order valence-electron chi connectivity index (χ0n) is 17.1. The van der Waals surface area contributed by atoms with Crippen LogP contribution in [0.25, 0.3) is 11.1 Å². The number of carboxylic acids is 1. The smallest absolute Gasteiger partial charge is 0.407 e. The lowest BCUT2D eigenvalue weighted by molar-refractivity contribution is -0.139. The number of carbonyl (C=O) groups is 3. The number of aryl methyl sites for hydroxylation is 1. The molecule has 0 aliphatic heterocycles. The van der Waals surface area contributed by atoms with Crippen molar-refractivity contribution in [2.24, 2.45) is 0 Å². The van der Waals surface area contributed by atoms with Crippen LogP contribution < -0.4 is 10.6 Å². The molecule has 1 aliphatic carbocycles. The van der Waals surface area contributed by atoms with Crippen LogP contribution in [0.4, 0.5) is 10.8 Å². The molecule has 0 saturated heterocycles. The minimum Gasteiger partial charge on any atom is -0.481 e. The van der Waals surface area contributed by atoms with Crippen molar-refractivity contribution in [3.63, 3.8) is 0 Å². The summed E-state index contributed by atoms with van der Waals surface area (Å²) in [5, 5.41) is 20.9. The molecule has 1 aliphatic rings. The Balaban J connectivity index is 1.42. The van der Waals surface area contributed by atoms with E-state index in [1.165, 1.54) is 6.92 Å². The third-order valence-corrected chi connectivity index (χ3v) is 5.09. The molecule has 10 heteroatoms. The molecule has 0 spiro atoms. The molecule has 1 atom stereocenters. The minimum atomic E-state index is -1.39. The summed E-state index contributed by atoms with van der Waals surface area (Å²) < 4.78 is 10.4. The van der Waals surface area contributed by atoms with E-state index in [4.69, 9.17) is 14.3 Å². The number of benzene rings is 2. The summed E-state index contributed by atoms with van der Waals surface area (Å²) in [6, 6.07) is 14.1. The molecule has 2 amide bonds. The molecular formula is C22H20N4O6. The molecule has 3 aromatic rings. The lowest BCUT2D eigenvalue weighted by Crippen LogP contribution is -2.45. The first-order chi connectivity index (χ1) is 15.4. The number of aliphatic carboxylic acids is 1. The highest BCUT2D eigenvalue weighted by Crippen LogP contribution is 2.44. The Bertz CT molecular complexity index is 1130. The van der Waals surface area contributed by atoms with Crippen molar-refractivity contribution in [3.8, 4) is 11.1 Å². The van der Waals surface area contributed by atoms with E-state index in [1.54, 1.807) is 0 Å².